The topological polar surface area (TPSA) is 132 Å². The van der Waals surface area contributed by atoms with Crippen molar-refractivity contribution in [1.82, 2.24) is 0 Å². The molecule has 0 spiro atoms. The molecule has 1 aromatic carbocycles. The Morgan fingerprint density at radius 2 is 1.69 bits per heavy atom. The van der Waals surface area contributed by atoms with Crippen LogP contribution in [0, 0.1) is 0 Å². The first-order valence-corrected chi connectivity index (χ1v) is 4.64. The summed E-state index contributed by atoms with van der Waals surface area (Å²) in [7, 11) is 0. The summed E-state index contributed by atoms with van der Waals surface area (Å²) < 4.78 is 20.9. The summed E-state index contributed by atoms with van der Waals surface area (Å²) >= 11 is -2.21. The molecule has 1 rings (SSSR count). The number of hydrogen-bond donors (Lipinski definition) is 1. The first kappa shape index (κ1) is 21.1. The largest absolute Gasteiger partial charge is 1.00 e. The Morgan fingerprint density at radius 3 is 2.00 bits per heavy atom. The predicted molar refractivity (Wildman–Crippen MR) is 55.2 cm³/mol. The quantitative estimate of drug-likeness (QED) is 0.431. The second-order valence-electron chi connectivity index (χ2n) is 2.44. The molecule has 6 nitrogen and oxygen atoms in total. The molecule has 0 aromatic heterocycles. The number of hydrogen-bond acceptors (Lipinski definition) is 3. The maximum atomic E-state index is 10.6. The molecular weight excluding hydrogens is 245 g/mol. The molecule has 0 heterocycles. The van der Waals surface area contributed by atoms with Crippen molar-refractivity contribution in [3.8, 4) is 0 Å². The zero-order valence-electron chi connectivity index (χ0n) is 8.94. The second-order valence-corrected chi connectivity index (χ2v) is 3.38. The monoisotopic (exact) mass is 257 g/mol. The van der Waals surface area contributed by atoms with Crippen LogP contribution in [0.1, 0.15) is 6.92 Å². The van der Waals surface area contributed by atoms with E-state index in [1.807, 2.05) is 0 Å². The Hall–Kier alpha value is -0.280. The summed E-state index contributed by atoms with van der Waals surface area (Å²) in [6, 6.07) is 5.92. The van der Waals surface area contributed by atoms with Crippen molar-refractivity contribution in [1.29, 1.82) is 0 Å². The molecule has 0 bridgehead atoms. The van der Waals surface area contributed by atoms with E-state index in [0.29, 0.717) is 5.69 Å². The molecule has 0 aliphatic rings. The van der Waals surface area contributed by atoms with Crippen LogP contribution in [-0.4, -0.2) is 25.6 Å². The minimum Gasteiger partial charge on any atom is -0.768 e. The molecule has 1 aromatic rings. The first-order valence-electron chi connectivity index (χ1n) is 3.56. The van der Waals surface area contributed by atoms with Gasteiger partial charge in [-0.25, -0.2) is 0 Å². The Balaban J connectivity index is -0.000000563. The van der Waals surface area contributed by atoms with Gasteiger partial charge in [-0.05, 0) is 35.3 Å². The smallest absolute Gasteiger partial charge is 0.768 e. The molecule has 0 fully saturated rings. The molecule has 0 saturated carbocycles. The summed E-state index contributed by atoms with van der Waals surface area (Å²) in [4.78, 5) is 10.8. The predicted octanol–water partition coefficient (Wildman–Crippen LogP) is -3.76. The van der Waals surface area contributed by atoms with Crippen LogP contribution in [0.25, 0.3) is 0 Å². The molecule has 0 aliphatic carbocycles. The van der Waals surface area contributed by atoms with Crippen LogP contribution in [0.2, 0.25) is 0 Å². The molecule has 1 unspecified atom stereocenters. The fraction of sp³-hybridized carbons (Fsp3) is 0.125. The molecular formula is C8H12NNaO5S. The average molecular weight is 257 g/mol. The number of rotatable bonds is 2. The van der Waals surface area contributed by atoms with E-state index in [1.54, 1.807) is 0 Å². The van der Waals surface area contributed by atoms with Gasteiger partial charge in [0.1, 0.15) is 0 Å². The van der Waals surface area contributed by atoms with Gasteiger partial charge in [0, 0.05) is 17.5 Å². The first-order chi connectivity index (χ1) is 6.09. The molecule has 5 N–H and O–H groups in total. The van der Waals surface area contributed by atoms with Crippen molar-refractivity contribution in [2.75, 3.05) is 5.32 Å². The third-order valence-corrected chi connectivity index (χ3v) is 2.02. The summed E-state index contributed by atoms with van der Waals surface area (Å²) in [5, 5.41) is 2.53. The van der Waals surface area contributed by atoms with Crippen molar-refractivity contribution in [2.45, 2.75) is 11.8 Å². The minimum atomic E-state index is -2.21. The maximum Gasteiger partial charge on any atom is 1.00 e. The number of benzene rings is 1. The van der Waals surface area contributed by atoms with Crippen LogP contribution in [0.4, 0.5) is 5.69 Å². The van der Waals surface area contributed by atoms with Crippen molar-refractivity contribution < 1.29 is 54.1 Å². The van der Waals surface area contributed by atoms with E-state index in [2.05, 4.69) is 5.32 Å². The molecule has 16 heavy (non-hydrogen) atoms. The van der Waals surface area contributed by atoms with E-state index in [1.165, 1.54) is 31.2 Å². The van der Waals surface area contributed by atoms with Gasteiger partial charge in [0.2, 0.25) is 5.91 Å². The van der Waals surface area contributed by atoms with Gasteiger partial charge < -0.3 is 20.8 Å². The van der Waals surface area contributed by atoms with E-state index in [4.69, 9.17) is 0 Å². The molecule has 8 heteroatoms. The summed E-state index contributed by atoms with van der Waals surface area (Å²) in [5.74, 6) is -0.184. The van der Waals surface area contributed by atoms with Gasteiger partial charge in [-0.15, -0.1) is 0 Å². The summed E-state index contributed by atoms with van der Waals surface area (Å²) in [6.07, 6.45) is 0. The van der Waals surface area contributed by atoms with Crippen LogP contribution in [0.15, 0.2) is 29.2 Å². The van der Waals surface area contributed by atoms with Gasteiger partial charge in [0.25, 0.3) is 0 Å². The van der Waals surface area contributed by atoms with Crippen LogP contribution >= 0.6 is 0 Å². The van der Waals surface area contributed by atoms with Gasteiger partial charge >= 0.3 is 29.6 Å². The van der Waals surface area contributed by atoms with Gasteiger partial charge in [0.05, 0.1) is 0 Å². The maximum absolute atomic E-state index is 10.6. The Kier molecular flexibility index (Phi) is 13.0. The molecule has 86 valence electrons. The number of carbonyl (C=O) groups excluding carboxylic acids is 1. The molecule has 0 radical (unpaired) electrons. The van der Waals surface area contributed by atoms with E-state index in [9.17, 15) is 13.6 Å². The number of amides is 1. The van der Waals surface area contributed by atoms with E-state index >= 15 is 0 Å². The van der Waals surface area contributed by atoms with E-state index < -0.39 is 11.1 Å². The molecule has 1 amide bonds. The van der Waals surface area contributed by atoms with E-state index in [0.717, 1.165) is 0 Å². The molecule has 0 aliphatic heterocycles. The van der Waals surface area contributed by atoms with Gasteiger partial charge in [-0.2, -0.15) is 0 Å². The van der Waals surface area contributed by atoms with Crippen molar-refractivity contribution in [3.63, 3.8) is 0 Å². The minimum absolute atomic E-state index is 0. The van der Waals surface area contributed by atoms with Crippen LogP contribution in [0.5, 0.6) is 0 Å². The average Bonchev–Trinajstić information content (AvgIpc) is 2.04. The SMILES string of the molecule is CC(=O)Nc1ccc(S(=O)[O-])cc1.O.O.[Na+]. The number of anilines is 1. The summed E-state index contributed by atoms with van der Waals surface area (Å²) in [5.41, 5.74) is 0.585. The van der Waals surface area contributed by atoms with Crippen molar-refractivity contribution in [2.24, 2.45) is 0 Å². The fourth-order valence-corrected chi connectivity index (χ4v) is 1.21. The molecule has 0 saturated heterocycles. The van der Waals surface area contributed by atoms with Crippen LogP contribution < -0.4 is 34.9 Å². The van der Waals surface area contributed by atoms with E-state index in [-0.39, 0.29) is 51.3 Å². The Morgan fingerprint density at radius 1 is 1.25 bits per heavy atom. The number of nitrogens with one attached hydrogen (secondary N) is 1. The third-order valence-electron chi connectivity index (χ3n) is 1.37. The molecule has 1 atom stereocenters. The van der Waals surface area contributed by atoms with Gasteiger partial charge in [0.15, 0.2) is 0 Å². The zero-order chi connectivity index (χ0) is 9.84. The number of carbonyl (C=O) groups is 1. The van der Waals surface area contributed by atoms with Crippen LogP contribution in [0.3, 0.4) is 0 Å². The van der Waals surface area contributed by atoms with Crippen molar-refractivity contribution >= 4 is 22.7 Å². The zero-order valence-corrected chi connectivity index (χ0v) is 11.8. The summed E-state index contributed by atoms with van der Waals surface area (Å²) in [6.45, 7) is 1.39. The van der Waals surface area contributed by atoms with Gasteiger partial charge in [-0.3, -0.25) is 9.00 Å². The Labute approximate surface area is 118 Å². The second kappa shape index (κ2) is 9.91. The van der Waals surface area contributed by atoms with Gasteiger partial charge in [-0.1, -0.05) is 0 Å². The normalized spacial score (nSPS) is 9.88. The van der Waals surface area contributed by atoms with Crippen molar-refractivity contribution in [3.05, 3.63) is 24.3 Å². The van der Waals surface area contributed by atoms with Crippen LogP contribution in [-0.2, 0) is 15.9 Å². The fourth-order valence-electron chi connectivity index (χ4n) is 0.853. The standard InChI is InChI=1S/C8H9NO3S.Na.2H2O/c1-6(10)9-7-2-4-8(5-3-7)13(11)12;;;/h2-5H,1H3,(H,9,10)(H,11,12);;2*1H2/q;+1;;/p-1. The third kappa shape index (κ3) is 7.07. The Bertz CT molecular complexity index is 343.